The molecule has 2 N–H and O–H groups in total. The average molecular weight is 319 g/mol. The molecule has 0 saturated carbocycles. The molecule has 0 aliphatic carbocycles. The quantitative estimate of drug-likeness (QED) is 0.886. The number of hydrogen-bond donors (Lipinski definition) is 2. The number of rotatable bonds is 4. The predicted molar refractivity (Wildman–Crippen MR) is 75.9 cm³/mol. The van der Waals surface area contributed by atoms with E-state index in [1.165, 1.54) is 4.31 Å². The van der Waals surface area contributed by atoms with E-state index in [0.717, 1.165) is 0 Å². The highest BCUT2D eigenvalue weighted by Gasteiger charge is 2.31. The molecule has 0 spiro atoms. The highest BCUT2D eigenvalue weighted by Crippen LogP contribution is 2.25. The first-order valence-electron chi connectivity index (χ1n) is 6.15. The molecular weight excluding hydrogens is 304 g/mol. The average Bonchev–Trinajstić information content (AvgIpc) is 2.41. The molecule has 20 heavy (non-hydrogen) atoms. The Morgan fingerprint density at radius 2 is 1.90 bits per heavy atom. The molecule has 0 amide bonds. The van der Waals surface area contributed by atoms with Crippen LogP contribution < -0.4 is 4.72 Å². The van der Waals surface area contributed by atoms with Crippen molar-refractivity contribution < 1.29 is 18.3 Å². The SMILES string of the molecule is O=C(O)C1CCN(S(=O)(=O)Nc2ccccc2Cl)CC1. The number of aliphatic carboxylic acids is 1. The van der Waals surface area contributed by atoms with Crippen LogP contribution >= 0.6 is 11.6 Å². The first-order valence-corrected chi connectivity index (χ1v) is 7.97. The van der Waals surface area contributed by atoms with Gasteiger partial charge in [-0.05, 0) is 25.0 Å². The summed E-state index contributed by atoms with van der Waals surface area (Å²) in [5.74, 6) is -1.34. The van der Waals surface area contributed by atoms with Crippen molar-refractivity contribution in [3.05, 3.63) is 29.3 Å². The fourth-order valence-corrected chi connectivity index (χ4v) is 3.61. The number of carbonyl (C=O) groups is 1. The van der Waals surface area contributed by atoms with E-state index >= 15 is 0 Å². The van der Waals surface area contributed by atoms with Crippen molar-refractivity contribution in [2.45, 2.75) is 12.8 Å². The zero-order valence-corrected chi connectivity index (χ0v) is 12.2. The normalized spacial score (nSPS) is 17.9. The fraction of sp³-hybridized carbons (Fsp3) is 0.417. The molecule has 0 atom stereocenters. The second-order valence-electron chi connectivity index (χ2n) is 4.60. The monoisotopic (exact) mass is 318 g/mol. The van der Waals surface area contributed by atoms with E-state index in [0.29, 0.717) is 23.6 Å². The third-order valence-corrected chi connectivity index (χ3v) is 5.11. The van der Waals surface area contributed by atoms with E-state index in [9.17, 15) is 13.2 Å². The fourth-order valence-electron chi connectivity index (χ4n) is 2.09. The molecule has 1 saturated heterocycles. The van der Waals surface area contributed by atoms with Gasteiger partial charge in [0, 0.05) is 13.1 Å². The van der Waals surface area contributed by atoms with Crippen LogP contribution in [0, 0.1) is 5.92 Å². The largest absolute Gasteiger partial charge is 0.481 e. The number of carboxylic acids is 1. The van der Waals surface area contributed by atoms with E-state index in [-0.39, 0.29) is 13.1 Å². The lowest BCUT2D eigenvalue weighted by molar-refractivity contribution is -0.142. The van der Waals surface area contributed by atoms with Gasteiger partial charge in [0.15, 0.2) is 0 Å². The number of hydrogen-bond acceptors (Lipinski definition) is 3. The lowest BCUT2D eigenvalue weighted by atomic mass is 9.99. The molecule has 1 aromatic carbocycles. The highest BCUT2D eigenvalue weighted by atomic mass is 35.5. The van der Waals surface area contributed by atoms with Gasteiger partial charge in [0.05, 0.1) is 16.6 Å². The van der Waals surface area contributed by atoms with Gasteiger partial charge in [-0.2, -0.15) is 12.7 Å². The van der Waals surface area contributed by atoms with Gasteiger partial charge in [-0.25, -0.2) is 0 Å². The van der Waals surface area contributed by atoms with Gasteiger partial charge in [0.1, 0.15) is 0 Å². The minimum Gasteiger partial charge on any atom is -0.481 e. The third kappa shape index (κ3) is 3.41. The van der Waals surface area contributed by atoms with Crippen LogP contribution in [0.4, 0.5) is 5.69 Å². The van der Waals surface area contributed by atoms with Crippen LogP contribution in [0.25, 0.3) is 0 Å². The van der Waals surface area contributed by atoms with Crippen LogP contribution in [-0.4, -0.2) is 36.9 Å². The Balaban J connectivity index is 2.05. The number of para-hydroxylation sites is 1. The van der Waals surface area contributed by atoms with E-state index in [1.807, 2.05) is 0 Å². The minimum absolute atomic E-state index is 0.191. The van der Waals surface area contributed by atoms with Crippen molar-refractivity contribution in [1.29, 1.82) is 0 Å². The van der Waals surface area contributed by atoms with E-state index in [1.54, 1.807) is 24.3 Å². The summed E-state index contributed by atoms with van der Waals surface area (Å²) in [6.07, 6.45) is 0.636. The van der Waals surface area contributed by atoms with Crippen molar-refractivity contribution in [2.24, 2.45) is 5.92 Å². The van der Waals surface area contributed by atoms with Gasteiger partial charge in [-0.3, -0.25) is 9.52 Å². The summed E-state index contributed by atoms with van der Waals surface area (Å²) >= 11 is 5.91. The van der Waals surface area contributed by atoms with Crippen LogP contribution in [0.3, 0.4) is 0 Å². The Morgan fingerprint density at radius 3 is 2.45 bits per heavy atom. The molecule has 1 aromatic rings. The van der Waals surface area contributed by atoms with Crippen LogP contribution in [0.15, 0.2) is 24.3 Å². The zero-order chi connectivity index (χ0) is 14.8. The Hall–Kier alpha value is -1.31. The first kappa shape index (κ1) is 15.1. The summed E-state index contributed by atoms with van der Waals surface area (Å²) in [6.45, 7) is 0.382. The summed E-state index contributed by atoms with van der Waals surface area (Å²) in [5.41, 5.74) is 0.314. The van der Waals surface area contributed by atoms with Gasteiger partial charge in [-0.15, -0.1) is 0 Å². The molecule has 1 heterocycles. The Kier molecular flexibility index (Phi) is 4.52. The summed E-state index contributed by atoms with van der Waals surface area (Å²) in [6, 6.07) is 6.55. The topological polar surface area (TPSA) is 86.7 Å². The van der Waals surface area contributed by atoms with E-state index < -0.39 is 22.1 Å². The molecule has 1 aliphatic rings. The second-order valence-corrected chi connectivity index (χ2v) is 6.68. The molecule has 6 nitrogen and oxygen atoms in total. The maximum atomic E-state index is 12.2. The number of nitrogens with one attached hydrogen (secondary N) is 1. The predicted octanol–water partition coefficient (Wildman–Crippen LogP) is 1.79. The van der Waals surface area contributed by atoms with Gasteiger partial charge in [-0.1, -0.05) is 23.7 Å². The molecule has 0 unspecified atom stereocenters. The maximum absolute atomic E-state index is 12.2. The van der Waals surface area contributed by atoms with Crippen LogP contribution in [-0.2, 0) is 15.0 Å². The first-order chi connectivity index (χ1) is 9.40. The van der Waals surface area contributed by atoms with Crippen molar-refractivity contribution in [2.75, 3.05) is 17.8 Å². The lowest BCUT2D eigenvalue weighted by Gasteiger charge is -2.29. The molecule has 1 aliphatic heterocycles. The smallest absolute Gasteiger partial charge is 0.306 e. The van der Waals surface area contributed by atoms with Crippen molar-refractivity contribution in [3.8, 4) is 0 Å². The molecule has 2 rings (SSSR count). The van der Waals surface area contributed by atoms with Gasteiger partial charge < -0.3 is 5.11 Å². The number of carboxylic acid groups (broad SMARTS) is 1. The molecule has 0 bridgehead atoms. The molecule has 0 radical (unpaired) electrons. The molecule has 0 aromatic heterocycles. The number of piperidine rings is 1. The molecular formula is C12H15ClN2O4S. The number of anilines is 1. The maximum Gasteiger partial charge on any atom is 0.306 e. The summed E-state index contributed by atoms with van der Waals surface area (Å²) in [5, 5.41) is 9.21. The Bertz CT molecular complexity index is 597. The van der Waals surface area contributed by atoms with Crippen molar-refractivity contribution in [1.82, 2.24) is 4.31 Å². The van der Waals surface area contributed by atoms with Crippen molar-refractivity contribution >= 4 is 33.5 Å². The number of benzene rings is 1. The summed E-state index contributed by atoms with van der Waals surface area (Å²) in [7, 11) is -3.70. The molecule has 1 fully saturated rings. The van der Waals surface area contributed by atoms with Gasteiger partial charge in [0.2, 0.25) is 0 Å². The minimum atomic E-state index is -3.70. The van der Waals surface area contributed by atoms with Crippen molar-refractivity contribution in [3.63, 3.8) is 0 Å². The zero-order valence-electron chi connectivity index (χ0n) is 10.6. The van der Waals surface area contributed by atoms with E-state index in [4.69, 9.17) is 16.7 Å². The second kappa shape index (κ2) is 5.99. The van der Waals surface area contributed by atoms with Crippen LogP contribution in [0.2, 0.25) is 5.02 Å². The van der Waals surface area contributed by atoms with Gasteiger partial charge in [0.25, 0.3) is 0 Å². The molecule has 8 heteroatoms. The third-order valence-electron chi connectivity index (χ3n) is 3.26. The lowest BCUT2D eigenvalue weighted by Crippen LogP contribution is -2.42. The van der Waals surface area contributed by atoms with E-state index in [2.05, 4.69) is 4.72 Å². The van der Waals surface area contributed by atoms with Crippen LogP contribution in [0.5, 0.6) is 0 Å². The number of halogens is 1. The standard InChI is InChI=1S/C12H15ClN2O4S/c13-10-3-1-2-4-11(10)14-20(18,19)15-7-5-9(6-8-15)12(16)17/h1-4,9,14H,5-8H2,(H,16,17). The Labute approximate surface area is 122 Å². The van der Waals surface area contributed by atoms with Crippen LogP contribution in [0.1, 0.15) is 12.8 Å². The summed E-state index contributed by atoms with van der Waals surface area (Å²) in [4.78, 5) is 10.8. The van der Waals surface area contributed by atoms with Gasteiger partial charge >= 0.3 is 16.2 Å². The molecule has 110 valence electrons. The number of nitrogens with zero attached hydrogens (tertiary/aromatic N) is 1. The highest BCUT2D eigenvalue weighted by molar-refractivity contribution is 7.90. The summed E-state index contributed by atoms with van der Waals surface area (Å²) < 4.78 is 28.0. The Morgan fingerprint density at radius 1 is 1.30 bits per heavy atom.